The zero-order valence-electron chi connectivity index (χ0n) is 36.8. The Kier molecular flexibility index (Phi) is 30.3. The van der Waals surface area contributed by atoms with Gasteiger partial charge in [0.15, 0.2) is 0 Å². The minimum absolute atomic E-state index is 0. The van der Waals surface area contributed by atoms with Crippen molar-refractivity contribution in [2.24, 2.45) is 0 Å². The lowest BCUT2D eigenvalue weighted by atomic mass is 9.97. The van der Waals surface area contributed by atoms with E-state index in [0.29, 0.717) is 12.8 Å². The van der Waals surface area contributed by atoms with Crippen molar-refractivity contribution in [2.45, 2.75) is 116 Å². The summed E-state index contributed by atoms with van der Waals surface area (Å²) in [4.78, 5) is 38.9. The van der Waals surface area contributed by atoms with Crippen LogP contribution in [0.15, 0.2) is 48.5 Å². The Morgan fingerprint density at radius 1 is 0.508 bits per heavy atom. The van der Waals surface area contributed by atoms with Gasteiger partial charge in [-0.25, -0.2) is 0 Å². The summed E-state index contributed by atoms with van der Waals surface area (Å²) >= 11 is 0. The van der Waals surface area contributed by atoms with E-state index in [9.17, 15) is 9.59 Å². The summed E-state index contributed by atoms with van der Waals surface area (Å²) in [5.41, 5.74) is 5.05. The van der Waals surface area contributed by atoms with Gasteiger partial charge in [0.05, 0.1) is 0 Å². The average Bonchev–Trinajstić information content (AvgIpc) is 3.96. The Balaban J connectivity index is 0.00000105. The number of rotatable bonds is 16. The van der Waals surface area contributed by atoms with Gasteiger partial charge in [-0.05, 0) is 126 Å². The number of likely N-dealkylation sites (N-methyl/N-ethyl adjacent to an activating group) is 2. The first-order valence-corrected chi connectivity index (χ1v) is 22.0. The molecule has 2 aliphatic carbocycles. The summed E-state index contributed by atoms with van der Waals surface area (Å²) in [5.74, 6) is 1.95. The molecule has 0 aromatic heterocycles. The van der Waals surface area contributed by atoms with E-state index in [0.717, 1.165) is 75.1 Å². The third-order valence-corrected chi connectivity index (χ3v) is 12.7. The lowest BCUT2D eigenvalue weighted by Crippen LogP contribution is -2.44. The molecular weight excluding hydrogens is 826 g/mol. The third-order valence-electron chi connectivity index (χ3n) is 12.7. The first-order valence-electron chi connectivity index (χ1n) is 22.0. The van der Waals surface area contributed by atoms with Gasteiger partial charge in [0.25, 0.3) is 0 Å². The average molecular weight is 907 g/mol. The molecule has 2 amide bonds. The standard InChI is InChI=1S/2C23H37N3O.4ClH.H2O/c2*1-3-23(27)26(15-7-6-14-25-18-16-24(2)17-19-25)22-12-10-21(11-13-22)20-8-4-5-9-20;;;;;/h2*10-13,20H,3-9,14-19H2,1-2H3;4*1H;1H2. The molecule has 4 aliphatic rings. The highest BCUT2D eigenvalue weighted by atomic mass is 35.5. The molecule has 6 rings (SSSR count). The van der Waals surface area contributed by atoms with E-state index < -0.39 is 0 Å². The lowest BCUT2D eigenvalue weighted by molar-refractivity contribution is -0.119. The van der Waals surface area contributed by atoms with E-state index in [1.54, 1.807) is 0 Å². The van der Waals surface area contributed by atoms with Gasteiger partial charge in [0.1, 0.15) is 0 Å². The van der Waals surface area contributed by atoms with Crippen molar-refractivity contribution in [1.29, 1.82) is 0 Å². The molecule has 9 nitrogen and oxygen atoms in total. The number of anilines is 2. The zero-order valence-corrected chi connectivity index (χ0v) is 40.1. The number of hydrogen-bond acceptors (Lipinski definition) is 6. The van der Waals surface area contributed by atoms with E-state index >= 15 is 0 Å². The van der Waals surface area contributed by atoms with Gasteiger partial charge < -0.3 is 34.9 Å². The Labute approximate surface area is 383 Å². The largest absolute Gasteiger partial charge is 0.412 e. The fourth-order valence-electron chi connectivity index (χ4n) is 8.90. The van der Waals surface area contributed by atoms with Crippen molar-refractivity contribution in [3.05, 3.63) is 59.7 Å². The Bertz CT molecular complexity index is 1270. The maximum Gasteiger partial charge on any atom is 0.226 e. The molecule has 0 atom stereocenters. The monoisotopic (exact) mass is 905 g/mol. The molecule has 2 N–H and O–H groups in total. The topological polar surface area (TPSA) is 85.1 Å². The van der Waals surface area contributed by atoms with Gasteiger partial charge in [-0.3, -0.25) is 9.59 Å². The number of carbonyl (C=O) groups excluding carboxylic acids is 2. The van der Waals surface area contributed by atoms with Gasteiger partial charge in [-0.15, -0.1) is 49.6 Å². The Hall–Kier alpha value is -1.66. The van der Waals surface area contributed by atoms with Gasteiger partial charge in [-0.1, -0.05) is 63.8 Å². The van der Waals surface area contributed by atoms with Crippen LogP contribution in [0.3, 0.4) is 0 Å². The summed E-state index contributed by atoms with van der Waals surface area (Å²) in [7, 11) is 4.40. The van der Waals surface area contributed by atoms with Crippen molar-refractivity contribution < 1.29 is 15.1 Å². The van der Waals surface area contributed by atoms with Crippen LogP contribution in [0.4, 0.5) is 11.4 Å². The molecule has 59 heavy (non-hydrogen) atoms. The molecule has 2 aliphatic heterocycles. The minimum atomic E-state index is 0. The molecule has 2 saturated carbocycles. The molecule has 0 spiro atoms. The molecule has 2 saturated heterocycles. The fraction of sp³-hybridized carbons (Fsp3) is 0.696. The second kappa shape index (κ2) is 31.2. The van der Waals surface area contributed by atoms with Crippen LogP contribution in [0, 0.1) is 0 Å². The molecule has 0 radical (unpaired) electrons. The Morgan fingerprint density at radius 3 is 1.10 bits per heavy atom. The number of unbranched alkanes of at least 4 members (excludes halogenated alkanes) is 2. The van der Waals surface area contributed by atoms with Crippen molar-refractivity contribution in [3.8, 4) is 0 Å². The van der Waals surface area contributed by atoms with Crippen LogP contribution in [-0.4, -0.2) is 130 Å². The molecular formula is C46H80Cl4N6O3. The normalized spacial score (nSPS) is 17.8. The van der Waals surface area contributed by atoms with E-state index in [2.05, 4.69) is 82.2 Å². The second-order valence-corrected chi connectivity index (χ2v) is 16.6. The number of hydrogen-bond donors (Lipinski definition) is 0. The van der Waals surface area contributed by atoms with Crippen molar-refractivity contribution in [1.82, 2.24) is 19.6 Å². The van der Waals surface area contributed by atoms with E-state index in [1.165, 1.54) is 115 Å². The molecule has 340 valence electrons. The summed E-state index contributed by atoms with van der Waals surface area (Å²) in [6.45, 7) is 17.3. The second-order valence-electron chi connectivity index (χ2n) is 16.6. The predicted octanol–water partition coefficient (Wildman–Crippen LogP) is 9.09. The summed E-state index contributed by atoms with van der Waals surface area (Å²) < 4.78 is 0. The van der Waals surface area contributed by atoms with Crippen molar-refractivity contribution in [3.63, 3.8) is 0 Å². The quantitative estimate of drug-likeness (QED) is 0.157. The van der Waals surface area contributed by atoms with Crippen LogP contribution in [-0.2, 0) is 9.59 Å². The molecule has 2 aromatic rings. The van der Waals surface area contributed by atoms with Gasteiger partial charge in [0.2, 0.25) is 11.8 Å². The highest BCUT2D eigenvalue weighted by Gasteiger charge is 2.21. The lowest BCUT2D eigenvalue weighted by Gasteiger charge is -2.32. The SMILES string of the molecule is CCC(=O)N(CCCCN1CCN(C)CC1)c1ccc(C2CCCC2)cc1.CCC(=O)N(CCCCN1CCN(C)CC1)c1ccc(C2CCCC2)cc1.Cl.Cl.Cl.Cl.O. The number of carbonyl (C=O) groups is 2. The van der Waals surface area contributed by atoms with Gasteiger partial charge in [-0.2, -0.15) is 0 Å². The van der Waals surface area contributed by atoms with Crippen LogP contribution in [0.1, 0.15) is 127 Å². The van der Waals surface area contributed by atoms with E-state index in [1.807, 2.05) is 23.6 Å². The Morgan fingerprint density at radius 2 is 0.814 bits per heavy atom. The van der Waals surface area contributed by atoms with Gasteiger partial charge in [0, 0.05) is 89.7 Å². The van der Waals surface area contributed by atoms with Crippen LogP contribution in [0.25, 0.3) is 0 Å². The summed E-state index contributed by atoms with van der Waals surface area (Å²) in [6.07, 6.45) is 16.4. The fourth-order valence-corrected chi connectivity index (χ4v) is 8.90. The third kappa shape index (κ3) is 18.7. The highest BCUT2D eigenvalue weighted by Crippen LogP contribution is 2.36. The highest BCUT2D eigenvalue weighted by molar-refractivity contribution is 5.93. The number of amides is 2. The van der Waals surface area contributed by atoms with E-state index in [4.69, 9.17) is 0 Å². The van der Waals surface area contributed by atoms with Crippen LogP contribution in [0.2, 0.25) is 0 Å². The molecule has 2 heterocycles. The molecule has 0 unspecified atom stereocenters. The van der Waals surface area contributed by atoms with Crippen LogP contribution in [0.5, 0.6) is 0 Å². The molecule has 2 aromatic carbocycles. The zero-order chi connectivity index (χ0) is 38.1. The van der Waals surface area contributed by atoms with Crippen LogP contribution < -0.4 is 9.80 Å². The molecule has 0 bridgehead atoms. The minimum Gasteiger partial charge on any atom is -0.412 e. The van der Waals surface area contributed by atoms with Crippen molar-refractivity contribution in [2.75, 3.05) is 102 Å². The number of halogens is 4. The van der Waals surface area contributed by atoms with Crippen molar-refractivity contribution >= 4 is 72.8 Å². The smallest absolute Gasteiger partial charge is 0.226 e. The van der Waals surface area contributed by atoms with Gasteiger partial charge >= 0.3 is 0 Å². The number of piperazine rings is 2. The first-order chi connectivity index (χ1) is 26.3. The maximum atomic E-state index is 12.5. The van der Waals surface area contributed by atoms with Crippen LogP contribution >= 0.6 is 49.6 Å². The first kappa shape index (κ1) is 57.3. The molecule has 4 fully saturated rings. The summed E-state index contributed by atoms with van der Waals surface area (Å²) in [5, 5.41) is 0. The summed E-state index contributed by atoms with van der Waals surface area (Å²) in [6, 6.07) is 17.7. The molecule has 13 heteroatoms. The van der Waals surface area contributed by atoms with E-state index in [-0.39, 0.29) is 66.9 Å². The maximum absolute atomic E-state index is 12.5. The number of nitrogens with zero attached hydrogens (tertiary/aromatic N) is 6. The number of benzene rings is 2. The predicted molar refractivity (Wildman–Crippen MR) is 260 cm³/mol.